The molecule has 11 aromatic carbocycles. The highest BCUT2D eigenvalue weighted by atomic mass is 28.3. The van der Waals surface area contributed by atoms with Crippen molar-refractivity contribution in [1.82, 2.24) is 0 Å². The Morgan fingerprint density at radius 1 is 0.242 bits per heavy atom. The first-order valence-electron chi connectivity index (χ1n) is 21.4. The minimum Gasteiger partial charge on any atom is -0.456 e. The lowest BCUT2D eigenvalue weighted by Crippen LogP contribution is -2.74. The van der Waals surface area contributed by atoms with Crippen LogP contribution in [0.2, 0.25) is 0 Å². The first-order valence-corrected chi connectivity index (χ1v) is 23.4. The SMILES string of the molecule is c1ccc([Si](c2ccccc2)(c2ccccc2)c2ccc3oc4ccc(-c5ccc(-c6c7ccccc7c(-c7ccc8ccccc8c7)c7ccccc67)cc5)cc4c3c2)cc1. The molecule has 0 aliphatic rings. The maximum absolute atomic E-state index is 6.56. The summed E-state index contributed by atoms with van der Waals surface area (Å²) in [5.74, 6) is 0. The molecular weight excluding hydrogens is 765 g/mol. The quantitative estimate of drug-likeness (QED) is 0.0888. The van der Waals surface area contributed by atoms with Crippen molar-refractivity contribution in [3.8, 4) is 33.4 Å². The molecule has 62 heavy (non-hydrogen) atoms. The summed E-state index contributed by atoms with van der Waals surface area (Å²) in [7, 11) is -2.71. The Hall–Kier alpha value is -7.78. The number of rotatable bonds is 7. The first-order chi connectivity index (χ1) is 30.7. The van der Waals surface area contributed by atoms with Crippen molar-refractivity contribution in [2.24, 2.45) is 0 Å². The van der Waals surface area contributed by atoms with E-state index < -0.39 is 8.07 Å². The van der Waals surface area contributed by atoms with Gasteiger partial charge < -0.3 is 4.42 Å². The van der Waals surface area contributed by atoms with Crippen LogP contribution in [0.4, 0.5) is 0 Å². The second-order valence-electron chi connectivity index (χ2n) is 16.4. The summed E-state index contributed by atoms with van der Waals surface area (Å²) in [4.78, 5) is 0. The Labute approximate surface area is 361 Å². The van der Waals surface area contributed by atoms with Gasteiger partial charge in [-0.25, -0.2) is 0 Å². The van der Waals surface area contributed by atoms with E-state index in [4.69, 9.17) is 4.42 Å². The molecular formula is C60H40OSi. The van der Waals surface area contributed by atoms with E-state index in [9.17, 15) is 0 Å². The third-order valence-electron chi connectivity index (χ3n) is 13.0. The van der Waals surface area contributed by atoms with Crippen molar-refractivity contribution >= 4 is 83.1 Å². The maximum Gasteiger partial charge on any atom is 0.179 e. The van der Waals surface area contributed by atoms with Crippen molar-refractivity contribution < 1.29 is 4.42 Å². The highest BCUT2D eigenvalue weighted by molar-refractivity contribution is 7.20. The van der Waals surface area contributed by atoms with Gasteiger partial charge in [-0.1, -0.05) is 218 Å². The van der Waals surface area contributed by atoms with Gasteiger partial charge in [0, 0.05) is 10.8 Å². The van der Waals surface area contributed by atoms with Crippen molar-refractivity contribution in [3.05, 3.63) is 243 Å². The van der Waals surface area contributed by atoms with Crippen LogP contribution in [0.3, 0.4) is 0 Å². The second kappa shape index (κ2) is 14.7. The molecule has 290 valence electrons. The average molecular weight is 805 g/mol. The van der Waals surface area contributed by atoms with Crippen LogP contribution in [0, 0.1) is 0 Å². The highest BCUT2D eigenvalue weighted by Gasteiger charge is 2.41. The number of fused-ring (bicyclic) bond motifs is 6. The normalized spacial score (nSPS) is 11.9. The Kier molecular flexibility index (Phi) is 8.58. The molecule has 0 bridgehead atoms. The molecule has 0 N–H and O–H groups in total. The van der Waals surface area contributed by atoms with Gasteiger partial charge in [0.2, 0.25) is 0 Å². The Bertz CT molecular complexity index is 3450. The minimum atomic E-state index is -2.71. The van der Waals surface area contributed by atoms with Crippen molar-refractivity contribution in [2.45, 2.75) is 0 Å². The second-order valence-corrected chi connectivity index (χ2v) is 20.2. The minimum absolute atomic E-state index is 0.897. The Morgan fingerprint density at radius 3 is 1.23 bits per heavy atom. The van der Waals surface area contributed by atoms with E-state index in [1.54, 1.807) is 0 Å². The molecule has 0 aliphatic carbocycles. The van der Waals surface area contributed by atoms with E-state index in [2.05, 4.69) is 243 Å². The molecule has 1 heterocycles. The molecule has 0 saturated carbocycles. The third-order valence-corrected chi connectivity index (χ3v) is 17.8. The van der Waals surface area contributed by atoms with Crippen LogP contribution in [-0.4, -0.2) is 8.07 Å². The lowest BCUT2D eigenvalue weighted by molar-refractivity contribution is 0.669. The van der Waals surface area contributed by atoms with Crippen LogP contribution < -0.4 is 20.7 Å². The van der Waals surface area contributed by atoms with Gasteiger partial charge in [0.05, 0.1) is 0 Å². The molecule has 2 heteroatoms. The molecule has 0 amide bonds. The number of furan rings is 1. The van der Waals surface area contributed by atoms with E-state index in [1.807, 2.05) is 0 Å². The zero-order valence-electron chi connectivity index (χ0n) is 34.0. The summed E-state index contributed by atoms with van der Waals surface area (Å²) in [5.41, 5.74) is 9.12. The van der Waals surface area contributed by atoms with Gasteiger partial charge >= 0.3 is 0 Å². The summed E-state index contributed by atoms with van der Waals surface area (Å²) in [5, 5.41) is 15.2. The molecule has 1 aromatic heterocycles. The average Bonchev–Trinajstić information content (AvgIpc) is 3.72. The zero-order valence-corrected chi connectivity index (χ0v) is 35.0. The van der Waals surface area contributed by atoms with Crippen LogP contribution in [0.1, 0.15) is 0 Å². The summed E-state index contributed by atoms with van der Waals surface area (Å²) >= 11 is 0. The van der Waals surface area contributed by atoms with E-state index in [1.165, 1.54) is 80.9 Å². The summed E-state index contributed by atoms with van der Waals surface area (Å²) in [6.07, 6.45) is 0. The fraction of sp³-hybridized carbons (Fsp3) is 0. The molecule has 0 radical (unpaired) electrons. The molecule has 0 saturated heterocycles. The standard InChI is InChI=1S/C60H40OSi/c1-4-18-47(19-5-1)62(48-20-6-2-7-21-48,49-22-8-3-9-23-49)50-35-37-58-56(40-50)55-39-45(34-36-57(55)61-58)42-28-31-43(32-29-42)59-51-24-12-14-26-53(51)60(54-27-15-13-25-52(54)59)46-33-30-41-16-10-11-17-44(41)38-46/h1-40H. The van der Waals surface area contributed by atoms with Crippen LogP contribution in [0.5, 0.6) is 0 Å². The van der Waals surface area contributed by atoms with Crippen LogP contribution in [0.25, 0.3) is 87.6 Å². The van der Waals surface area contributed by atoms with E-state index >= 15 is 0 Å². The lowest BCUT2D eigenvalue weighted by atomic mass is 9.85. The smallest absolute Gasteiger partial charge is 0.179 e. The number of hydrogen-bond acceptors (Lipinski definition) is 1. The third kappa shape index (κ3) is 5.76. The first kappa shape index (κ1) is 36.1. The largest absolute Gasteiger partial charge is 0.456 e. The monoisotopic (exact) mass is 804 g/mol. The van der Waals surface area contributed by atoms with Crippen LogP contribution in [0.15, 0.2) is 247 Å². The van der Waals surface area contributed by atoms with Gasteiger partial charge in [-0.2, -0.15) is 0 Å². The van der Waals surface area contributed by atoms with Crippen molar-refractivity contribution in [3.63, 3.8) is 0 Å². The predicted molar refractivity (Wildman–Crippen MR) is 266 cm³/mol. The predicted octanol–water partition coefficient (Wildman–Crippen LogP) is 13.4. The van der Waals surface area contributed by atoms with E-state index in [-0.39, 0.29) is 0 Å². The van der Waals surface area contributed by atoms with Gasteiger partial charge in [-0.3, -0.25) is 0 Å². The fourth-order valence-corrected chi connectivity index (χ4v) is 15.0. The molecule has 0 unspecified atom stereocenters. The summed E-state index contributed by atoms with van der Waals surface area (Å²) < 4.78 is 6.56. The van der Waals surface area contributed by atoms with Gasteiger partial charge in [-0.15, -0.1) is 0 Å². The topological polar surface area (TPSA) is 13.1 Å². The van der Waals surface area contributed by atoms with Gasteiger partial charge in [0.15, 0.2) is 8.07 Å². The zero-order chi connectivity index (χ0) is 41.0. The fourth-order valence-electron chi connectivity index (χ4n) is 10.2. The lowest BCUT2D eigenvalue weighted by Gasteiger charge is -2.34. The molecule has 0 atom stereocenters. The highest BCUT2D eigenvalue weighted by Crippen LogP contribution is 2.44. The molecule has 0 aliphatic heterocycles. The molecule has 0 spiro atoms. The Morgan fingerprint density at radius 2 is 0.661 bits per heavy atom. The molecule has 12 rings (SSSR count). The van der Waals surface area contributed by atoms with E-state index in [0.29, 0.717) is 0 Å². The van der Waals surface area contributed by atoms with Crippen LogP contribution >= 0.6 is 0 Å². The molecule has 1 nitrogen and oxygen atoms in total. The number of benzene rings is 11. The maximum atomic E-state index is 6.56. The van der Waals surface area contributed by atoms with Crippen molar-refractivity contribution in [2.75, 3.05) is 0 Å². The van der Waals surface area contributed by atoms with Gasteiger partial charge in [-0.05, 0) is 111 Å². The molecule has 12 aromatic rings. The van der Waals surface area contributed by atoms with Crippen LogP contribution in [-0.2, 0) is 0 Å². The van der Waals surface area contributed by atoms with Crippen molar-refractivity contribution in [1.29, 1.82) is 0 Å². The Balaban J connectivity index is 0.989. The van der Waals surface area contributed by atoms with Gasteiger partial charge in [0.25, 0.3) is 0 Å². The number of hydrogen-bond donors (Lipinski definition) is 0. The van der Waals surface area contributed by atoms with E-state index in [0.717, 1.165) is 27.5 Å². The summed E-state index contributed by atoms with van der Waals surface area (Å²) in [6.45, 7) is 0. The van der Waals surface area contributed by atoms with Gasteiger partial charge in [0.1, 0.15) is 11.2 Å². The summed E-state index contributed by atoms with van der Waals surface area (Å²) in [6, 6.07) is 89.4. The molecule has 0 fully saturated rings.